The molecule has 0 bridgehead atoms. The van der Waals surface area contributed by atoms with E-state index in [1.165, 1.54) is 59.0 Å². The molecule has 0 spiro atoms. The van der Waals surface area contributed by atoms with Crippen LogP contribution in [0.2, 0.25) is 0 Å². The maximum atomic E-state index is 11.5. The number of methoxy groups -OCH3 is 1. The maximum absolute atomic E-state index is 11.5. The standard InChI is InChI=1S/C18H32O4/c1-4-5-6-7-8-9-10-11-12-13-14-16(18(21)22-3)17(20)15(2)19/h14,17,20H,4-13H2,1-3H3/b16-14-/t17-/m0/s1. The van der Waals surface area contributed by atoms with Crippen LogP contribution < -0.4 is 0 Å². The molecule has 0 heterocycles. The monoisotopic (exact) mass is 312 g/mol. The Morgan fingerprint density at radius 1 is 1.00 bits per heavy atom. The van der Waals surface area contributed by atoms with Gasteiger partial charge < -0.3 is 9.84 Å². The van der Waals surface area contributed by atoms with Gasteiger partial charge in [-0.05, 0) is 19.8 Å². The van der Waals surface area contributed by atoms with Crippen molar-refractivity contribution in [3.05, 3.63) is 11.6 Å². The normalized spacial score (nSPS) is 13.0. The number of ketones is 1. The third kappa shape index (κ3) is 9.72. The van der Waals surface area contributed by atoms with Gasteiger partial charge in [-0.1, -0.05) is 64.4 Å². The molecule has 0 amide bonds. The van der Waals surface area contributed by atoms with E-state index in [0.29, 0.717) is 6.42 Å². The number of esters is 1. The number of carbonyl (C=O) groups is 2. The summed E-state index contributed by atoms with van der Waals surface area (Å²) in [7, 11) is 1.25. The van der Waals surface area contributed by atoms with Crippen LogP contribution in [0.5, 0.6) is 0 Å². The molecule has 4 heteroatoms. The van der Waals surface area contributed by atoms with Gasteiger partial charge in [0, 0.05) is 0 Å². The first-order chi connectivity index (χ1) is 10.5. The molecule has 0 aromatic heterocycles. The first-order valence-electron chi connectivity index (χ1n) is 8.51. The molecule has 0 aromatic rings. The molecule has 0 aliphatic heterocycles. The summed E-state index contributed by atoms with van der Waals surface area (Å²) in [6.45, 7) is 3.49. The lowest BCUT2D eigenvalue weighted by Gasteiger charge is -2.10. The number of carbonyl (C=O) groups excluding carboxylic acids is 2. The molecular formula is C18H32O4. The van der Waals surface area contributed by atoms with Gasteiger partial charge in [0.1, 0.15) is 6.10 Å². The smallest absolute Gasteiger partial charge is 0.336 e. The molecule has 0 saturated heterocycles. The number of aliphatic hydroxyl groups is 1. The molecule has 4 nitrogen and oxygen atoms in total. The van der Waals surface area contributed by atoms with Crippen molar-refractivity contribution in [2.24, 2.45) is 0 Å². The zero-order valence-corrected chi connectivity index (χ0v) is 14.4. The van der Waals surface area contributed by atoms with Crippen LogP contribution in [0.4, 0.5) is 0 Å². The molecule has 0 aromatic carbocycles. The number of ether oxygens (including phenoxy) is 1. The Balaban J connectivity index is 3.91. The van der Waals surface area contributed by atoms with Crippen LogP contribution in [0.1, 0.15) is 78.1 Å². The van der Waals surface area contributed by atoms with E-state index in [2.05, 4.69) is 11.7 Å². The second kappa shape index (κ2) is 13.5. The summed E-state index contributed by atoms with van der Waals surface area (Å²) >= 11 is 0. The molecule has 0 saturated carbocycles. The van der Waals surface area contributed by atoms with Gasteiger partial charge in [-0.15, -0.1) is 0 Å². The van der Waals surface area contributed by atoms with Crippen molar-refractivity contribution in [3.63, 3.8) is 0 Å². The summed E-state index contributed by atoms with van der Waals surface area (Å²) < 4.78 is 4.61. The number of hydrogen-bond acceptors (Lipinski definition) is 4. The van der Waals surface area contributed by atoms with Crippen molar-refractivity contribution in [3.8, 4) is 0 Å². The van der Waals surface area contributed by atoms with Crippen LogP contribution in [-0.2, 0) is 14.3 Å². The number of rotatable bonds is 13. The second-order valence-corrected chi connectivity index (χ2v) is 5.78. The highest BCUT2D eigenvalue weighted by Gasteiger charge is 2.22. The highest BCUT2D eigenvalue weighted by molar-refractivity contribution is 5.98. The minimum Gasteiger partial charge on any atom is -0.466 e. The summed E-state index contributed by atoms with van der Waals surface area (Å²) in [5, 5.41) is 9.71. The molecular weight excluding hydrogens is 280 g/mol. The van der Waals surface area contributed by atoms with E-state index in [-0.39, 0.29) is 5.57 Å². The predicted octanol–water partition coefficient (Wildman–Crippen LogP) is 3.96. The van der Waals surface area contributed by atoms with Gasteiger partial charge in [0.2, 0.25) is 0 Å². The second-order valence-electron chi connectivity index (χ2n) is 5.78. The minimum atomic E-state index is -1.37. The largest absolute Gasteiger partial charge is 0.466 e. The highest BCUT2D eigenvalue weighted by Crippen LogP contribution is 2.13. The average molecular weight is 312 g/mol. The van der Waals surface area contributed by atoms with E-state index >= 15 is 0 Å². The third-order valence-corrected chi connectivity index (χ3v) is 3.77. The molecule has 0 unspecified atom stereocenters. The lowest BCUT2D eigenvalue weighted by Crippen LogP contribution is -2.25. The molecule has 0 aliphatic rings. The van der Waals surface area contributed by atoms with Gasteiger partial charge in [0.05, 0.1) is 12.7 Å². The van der Waals surface area contributed by atoms with Crippen molar-refractivity contribution >= 4 is 11.8 Å². The van der Waals surface area contributed by atoms with Crippen LogP contribution in [0.25, 0.3) is 0 Å². The minimum absolute atomic E-state index is 0.0644. The fraction of sp³-hybridized carbons (Fsp3) is 0.778. The number of aliphatic hydroxyl groups excluding tert-OH is 1. The zero-order valence-electron chi connectivity index (χ0n) is 14.4. The fourth-order valence-electron chi connectivity index (χ4n) is 2.36. The van der Waals surface area contributed by atoms with E-state index in [1.54, 1.807) is 6.08 Å². The Hall–Kier alpha value is -1.16. The van der Waals surface area contributed by atoms with Gasteiger partial charge in [0.15, 0.2) is 5.78 Å². The molecule has 1 N–H and O–H groups in total. The number of hydrogen-bond donors (Lipinski definition) is 1. The average Bonchev–Trinajstić information content (AvgIpc) is 2.51. The molecule has 0 rings (SSSR count). The van der Waals surface area contributed by atoms with Gasteiger partial charge in [0.25, 0.3) is 0 Å². The molecule has 1 atom stereocenters. The Bertz CT molecular complexity index is 347. The Kier molecular flexibility index (Phi) is 12.8. The van der Waals surface area contributed by atoms with Crippen LogP contribution in [0.3, 0.4) is 0 Å². The number of Topliss-reactive ketones (excluding diaryl/α,β-unsaturated/α-hetero) is 1. The Morgan fingerprint density at radius 3 is 1.95 bits per heavy atom. The summed E-state index contributed by atoms with van der Waals surface area (Å²) in [4.78, 5) is 22.7. The summed E-state index contributed by atoms with van der Waals surface area (Å²) in [6.07, 6.45) is 12.0. The van der Waals surface area contributed by atoms with Crippen molar-refractivity contribution in [2.75, 3.05) is 7.11 Å². The van der Waals surface area contributed by atoms with Gasteiger partial charge in [-0.2, -0.15) is 0 Å². The van der Waals surface area contributed by atoms with Crippen LogP contribution in [-0.4, -0.2) is 30.1 Å². The SMILES string of the molecule is CCCCCCCCCCC/C=C(\C(=O)OC)[C@@H](O)C(C)=O. The maximum Gasteiger partial charge on any atom is 0.336 e. The quantitative estimate of drug-likeness (QED) is 0.318. The fourth-order valence-corrected chi connectivity index (χ4v) is 2.36. The Labute approximate surface area is 134 Å². The van der Waals surface area contributed by atoms with Gasteiger partial charge in [-0.3, -0.25) is 4.79 Å². The number of allylic oxidation sites excluding steroid dienone is 1. The van der Waals surface area contributed by atoms with E-state index in [1.807, 2.05) is 0 Å². The lowest BCUT2D eigenvalue weighted by molar-refractivity contribution is -0.139. The number of unbranched alkanes of at least 4 members (excludes halogenated alkanes) is 9. The van der Waals surface area contributed by atoms with Crippen molar-refractivity contribution in [2.45, 2.75) is 84.2 Å². The van der Waals surface area contributed by atoms with E-state index in [9.17, 15) is 14.7 Å². The Morgan fingerprint density at radius 2 is 1.50 bits per heavy atom. The summed E-state index contributed by atoms with van der Waals surface area (Å²) in [5.41, 5.74) is 0.0644. The molecule has 0 aliphatic carbocycles. The van der Waals surface area contributed by atoms with Gasteiger partial charge >= 0.3 is 5.97 Å². The summed E-state index contributed by atoms with van der Waals surface area (Å²) in [6, 6.07) is 0. The van der Waals surface area contributed by atoms with E-state index in [0.717, 1.165) is 12.8 Å². The lowest BCUT2D eigenvalue weighted by atomic mass is 10.0. The first-order valence-corrected chi connectivity index (χ1v) is 8.51. The third-order valence-electron chi connectivity index (χ3n) is 3.77. The molecule has 0 radical (unpaired) electrons. The van der Waals surface area contributed by atoms with Crippen LogP contribution in [0, 0.1) is 0 Å². The van der Waals surface area contributed by atoms with E-state index in [4.69, 9.17) is 0 Å². The van der Waals surface area contributed by atoms with Crippen molar-refractivity contribution in [1.29, 1.82) is 0 Å². The van der Waals surface area contributed by atoms with E-state index < -0.39 is 17.9 Å². The predicted molar refractivity (Wildman–Crippen MR) is 88.6 cm³/mol. The zero-order chi connectivity index (χ0) is 16.8. The molecule has 0 fully saturated rings. The van der Waals surface area contributed by atoms with Crippen molar-refractivity contribution in [1.82, 2.24) is 0 Å². The van der Waals surface area contributed by atoms with Crippen molar-refractivity contribution < 1.29 is 19.4 Å². The molecule has 128 valence electrons. The molecule has 22 heavy (non-hydrogen) atoms. The van der Waals surface area contributed by atoms with Crippen LogP contribution >= 0.6 is 0 Å². The topological polar surface area (TPSA) is 63.6 Å². The first kappa shape index (κ1) is 20.8. The highest BCUT2D eigenvalue weighted by atomic mass is 16.5. The van der Waals surface area contributed by atoms with Gasteiger partial charge in [-0.25, -0.2) is 4.79 Å². The summed E-state index contributed by atoms with van der Waals surface area (Å²) in [5.74, 6) is -1.07. The van der Waals surface area contributed by atoms with Crippen LogP contribution in [0.15, 0.2) is 11.6 Å².